The topological polar surface area (TPSA) is 119 Å². The van der Waals surface area contributed by atoms with Crippen molar-refractivity contribution in [3.8, 4) is 0 Å². The molecule has 0 radical (unpaired) electrons. The fourth-order valence-electron chi connectivity index (χ4n) is 3.94. The highest BCUT2D eigenvalue weighted by molar-refractivity contribution is 7.99. The molecule has 3 aromatic rings. The molecule has 1 aliphatic heterocycles. The van der Waals surface area contributed by atoms with E-state index >= 15 is 0 Å². The molecule has 3 atom stereocenters. The summed E-state index contributed by atoms with van der Waals surface area (Å²) >= 11 is 1.62. The number of carbonyl (C=O) groups is 2. The Bertz CT molecular complexity index is 1190. The van der Waals surface area contributed by atoms with Gasteiger partial charge in [0.2, 0.25) is 0 Å². The Labute approximate surface area is 225 Å². The first-order valence-corrected chi connectivity index (χ1v) is 13.4. The van der Waals surface area contributed by atoms with Crippen LogP contribution in [-0.4, -0.2) is 47.1 Å². The van der Waals surface area contributed by atoms with E-state index in [-0.39, 0.29) is 32.0 Å². The Morgan fingerprint density at radius 1 is 1.08 bits per heavy atom. The summed E-state index contributed by atoms with van der Waals surface area (Å²) in [7, 11) is 0. The van der Waals surface area contributed by atoms with E-state index in [2.05, 4.69) is 15.6 Å². The fourth-order valence-corrected chi connectivity index (χ4v) is 4.82. The van der Waals surface area contributed by atoms with Gasteiger partial charge in [0.15, 0.2) is 6.29 Å². The van der Waals surface area contributed by atoms with Crippen LogP contribution >= 0.6 is 11.8 Å². The van der Waals surface area contributed by atoms with Gasteiger partial charge in [0, 0.05) is 29.6 Å². The summed E-state index contributed by atoms with van der Waals surface area (Å²) < 4.78 is 17.6. The van der Waals surface area contributed by atoms with Gasteiger partial charge >= 0.3 is 12.0 Å². The number of aromatic nitrogens is 1. The molecule has 1 aliphatic rings. The van der Waals surface area contributed by atoms with Crippen LogP contribution in [0.3, 0.4) is 0 Å². The van der Waals surface area contributed by atoms with Crippen molar-refractivity contribution in [2.75, 3.05) is 24.2 Å². The van der Waals surface area contributed by atoms with Crippen molar-refractivity contribution in [1.29, 1.82) is 0 Å². The average molecular weight is 538 g/mol. The first-order valence-electron chi connectivity index (χ1n) is 12.4. The van der Waals surface area contributed by atoms with Crippen molar-refractivity contribution in [2.24, 2.45) is 0 Å². The largest absolute Gasteiger partial charge is 0.465 e. The minimum absolute atomic E-state index is 0.0198. The number of pyridine rings is 1. The maximum absolute atomic E-state index is 12.3. The molecule has 2 aromatic carbocycles. The van der Waals surface area contributed by atoms with Gasteiger partial charge in [0.1, 0.15) is 6.54 Å². The summed E-state index contributed by atoms with van der Waals surface area (Å²) in [6.07, 6.45) is 1.42. The molecule has 0 spiro atoms. The van der Waals surface area contributed by atoms with Gasteiger partial charge in [-0.15, -0.1) is 11.8 Å². The number of benzene rings is 2. The van der Waals surface area contributed by atoms with Gasteiger partial charge in [-0.05, 0) is 42.3 Å². The van der Waals surface area contributed by atoms with Crippen LogP contribution in [0.15, 0.2) is 78.0 Å². The number of aliphatic hydroxyl groups is 1. The Kier molecular flexibility index (Phi) is 10.1. The summed E-state index contributed by atoms with van der Waals surface area (Å²) in [4.78, 5) is 28.1. The van der Waals surface area contributed by atoms with E-state index in [9.17, 15) is 14.7 Å². The van der Waals surface area contributed by atoms with E-state index in [1.165, 1.54) is 0 Å². The molecule has 200 valence electrons. The Balaban J connectivity index is 1.47. The predicted molar refractivity (Wildman–Crippen MR) is 143 cm³/mol. The zero-order chi connectivity index (χ0) is 26.7. The fraction of sp³-hybridized carbons (Fsp3) is 0.321. The number of anilines is 1. The third-order valence-corrected chi connectivity index (χ3v) is 6.86. The van der Waals surface area contributed by atoms with Gasteiger partial charge in [0.05, 0.1) is 30.4 Å². The summed E-state index contributed by atoms with van der Waals surface area (Å²) in [6, 6.07) is 20.2. The quantitative estimate of drug-likeness (QED) is 0.254. The number of amides is 2. The summed E-state index contributed by atoms with van der Waals surface area (Å²) in [5.74, 6) is 0.184. The van der Waals surface area contributed by atoms with Crippen LogP contribution in [0.1, 0.15) is 42.4 Å². The van der Waals surface area contributed by atoms with Crippen LogP contribution in [0.5, 0.6) is 0 Å². The molecule has 0 unspecified atom stereocenters. The van der Waals surface area contributed by atoms with Gasteiger partial charge in [-0.1, -0.05) is 42.5 Å². The molecule has 4 rings (SSSR count). The molecule has 9 nitrogen and oxygen atoms in total. The number of nitrogens with one attached hydrogen (secondary N) is 2. The molecule has 0 aliphatic carbocycles. The molecule has 0 saturated carbocycles. The third-order valence-electron chi connectivity index (χ3n) is 5.79. The lowest BCUT2D eigenvalue weighted by Gasteiger charge is -2.36. The molecular weight excluding hydrogens is 506 g/mol. The van der Waals surface area contributed by atoms with Crippen LogP contribution in [0.2, 0.25) is 0 Å². The number of urea groups is 1. The van der Waals surface area contributed by atoms with Gasteiger partial charge in [-0.3, -0.25) is 4.79 Å². The lowest BCUT2D eigenvalue weighted by molar-refractivity contribution is -0.245. The van der Waals surface area contributed by atoms with Crippen molar-refractivity contribution in [3.05, 3.63) is 89.6 Å². The molecule has 38 heavy (non-hydrogen) atoms. The van der Waals surface area contributed by atoms with E-state index in [4.69, 9.17) is 14.2 Å². The van der Waals surface area contributed by atoms with E-state index < -0.39 is 18.3 Å². The molecule has 10 heteroatoms. The van der Waals surface area contributed by atoms with Crippen LogP contribution < -0.4 is 10.6 Å². The van der Waals surface area contributed by atoms with Gasteiger partial charge in [-0.2, -0.15) is 0 Å². The van der Waals surface area contributed by atoms with Crippen LogP contribution in [0.4, 0.5) is 10.5 Å². The Morgan fingerprint density at radius 2 is 1.92 bits per heavy atom. The molecule has 0 bridgehead atoms. The maximum Gasteiger partial charge on any atom is 0.325 e. The monoisotopic (exact) mass is 537 g/mol. The molecular formula is C28H31N3O6S. The number of carbonyl (C=O) groups excluding carboxylic acids is 2. The van der Waals surface area contributed by atoms with E-state index in [1.54, 1.807) is 43.1 Å². The minimum atomic E-state index is -0.662. The van der Waals surface area contributed by atoms with E-state index in [0.29, 0.717) is 17.9 Å². The first-order chi connectivity index (χ1) is 18.5. The Hall–Kier alpha value is -3.44. The number of hydrogen-bond donors (Lipinski definition) is 3. The summed E-state index contributed by atoms with van der Waals surface area (Å²) in [5, 5.41) is 15.5. The third kappa shape index (κ3) is 8.03. The lowest BCUT2D eigenvalue weighted by atomic mass is 10.0. The molecule has 2 heterocycles. The smallest absolute Gasteiger partial charge is 0.325 e. The van der Waals surface area contributed by atoms with Crippen molar-refractivity contribution in [1.82, 2.24) is 10.3 Å². The van der Waals surface area contributed by atoms with Gasteiger partial charge in [0.25, 0.3) is 0 Å². The van der Waals surface area contributed by atoms with Gasteiger partial charge in [-0.25, -0.2) is 9.78 Å². The van der Waals surface area contributed by atoms with Crippen molar-refractivity contribution >= 4 is 29.4 Å². The maximum atomic E-state index is 12.3. The second-order valence-electron chi connectivity index (χ2n) is 8.57. The highest BCUT2D eigenvalue weighted by atomic mass is 32.2. The van der Waals surface area contributed by atoms with E-state index in [1.807, 2.05) is 48.5 Å². The predicted octanol–water partition coefficient (Wildman–Crippen LogP) is 4.60. The molecule has 1 saturated heterocycles. The van der Waals surface area contributed by atoms with Crippen molar-refractivity contribution < 1.29 is 28.9 Å². The number of esters is 1. The number of hydrogen-bond acceptors (Lipinski definition) is 8. The molecule has 3 N–H and O–H groups in total. The van der Waals surface area contributed by atoms with E-state index in [0.717, 1.165) is 21.7 Å². The number of aliphatic hydroxyl groups excluding tert-OH is 1. The zero-order valence-corrected chi connectivity index (χ0v) is 21.9. The van der Waals surface area contributed by atoms with Gasteiger partial charge < -0.3 is 30.0 Å². The highest BCUT2D eigenvalue weighted by Gasteiger charge is 2.32. The van der Waals surface area contributed by atoms with Crippen molar-refractivity contribution in [2.45, 2.75) is 43.5 Å². The number of thioether (sulfide) groups is 1. The van der Waals surface area contributed by atoms with Crippen molar-refractivity contribution in [3.63, 3.8) is 0 Å². The lowest BCUT2D eigenvalue weighted by Crippen LogP contribution is -2.34. The Morgan fingerprint density at radius 3 is 2.66 bits per heavy atom. The standard InChI is InChI=1S/C28H31N3O6S/c1-2-35-26(33)16-30-28(34)31-22-7-5-6-21(14-22)27-36-23(18-38-25-8-3-4-13-29-25)15-24(37-27)20-11-9-19(17-32)10-12-20/h3-14,23-24,27,32H,2,15-18H2,1H3,(H2,30,31,34)/t23-,24+,27+/m0/s1. The highest BCUT2D eigenvalue weighted by Crippen LogP contribution is 2.39. The second kappa shape index (κ2) is 13.9. The summed E-state index contributed by atoms with van der Waals surface area (Å²) in [5.41, 5.74) is 3.11. The normalized spacial score (nSPS) is 18.9. The SMILES string of the molecule is CCOC(=O)CNC(=O)Nc1cccc([C@@H]2O[C@H](CSc3ccccn3)C[C@H](c3ccc(CO)cc3)O2)c1. The van der Waals surface area contributed by atoms with Crippen LogP contribution in [0, 0.1) is 0 Å². The molecule has 2 amide bonds. The zero-order valence-electron chi connectivity index (χ0n) is 21.0. The molecule has 1 aromatic heterocycles. The first kappa shape index (κ1) is 27.6. The van der Waals surface area contributed by atoms with Crippen LogP contribution in [-0.2, 0) is 25.6 Å². The minimum Gasteiger partial charge on any atom is -0.465 e. The summed E-state index contributed by atoms with van der Waals surface area (Å²) in [6.45, 7) is 1.71. The number of ether oxygens (including phenoxy) is 3. The molecule has 1 fully saturated rings. The average Bonchev–Trinajstić information content (AvgIpc) is 2.96. The second-order valence-corrected chi connectivity index (χ2v) is 9.61. The number of rotatable bonds is 10. The van der Waals surface area contributed by atoms with Crippen LogP contribution in [0.25, 0.3) is 0 Å². The number of nitrogens with zero attached hydrogens (tertiary/aromatic N) is 1.